The standard InChI is InChI=1S/C21H25N3OS/c1-5-6-7-18-9-8-17(13-22)21(24-18)26-16(4)20(25)23-19-11-14(2)10-15(3)12-19/h8-12,16H,5-7H2,1-4H3,(H,23,25). The van der Waals surface area contributed by atoms with Gasteiger partial charge in [0.15, 0.2) is 0 Å². The highest BCUT2D eigenvalue weighted by atomic mass is 32.2. The number of nitriles is 1. The zero-order chi connectivity index (χ0) is 19.1. The van der Waals surface area contributed by atoms with Crippen LogP contribution in [0.1, 0.15) is 49.1 Å². The van der Waals surface area contributed by atoms with Crippen molar-refractivity contribution in [3.05, 3.63) is 52.7 Å². The third kappa shape index (κ3) is 5.60. The summed E-state index contributed by atoms with van der Waals surface area (Å²) in [5.74, 6) is -0.0929. The molecule has 0 spiro atoms. The number of unbranched alkanes of at least 4 members (excludes halogenated alkanes) is 1. The molecule has 0 aliphatic rings. The number of carbonyl (C=O) groups excluding carboxylic acids is 1. The minimum absolute atomic E-state index is 0.0929. The van der Waals surface area contributed by atoms with E-state index in [0.29, 0.717) is 10.6 Å². The highest BCUT2D eigenvalue weighted by Gasteiger charge is 2.18. The summed E-state index contributed by atoms with van der Waals surface area (Å²) in [6, 6.07) is 11.8. The van der Waals surface area contributed by atoms with Crippen LogP contribution < -0.4 is 5.32 Å². The molecule has 4 nitrogen and oxygen atoms in total. The van der Waals surface area contributed by atoms with Crippen molar-refractivity contribution in [1.82, 2.24) is 4.98 Å². The van der Waals surface area contributed by atoms with E-state index in [2.05, 4.69) is 29.4 Å². The van der Waals surface area contributed by atoms with Gasteiger partial charge in [-0.25, -0.2) is 4.98 Å². The molecule has 136 valence electrons. The number of carbonyl (C=O) groups is 1. The Morgan fingerprint density at radius 1 is 1.27 bits per heavy atom. The number of nitrogens with zero attached hydrogens (tertiary/aromatic N) is 2. The minimum Gasteiger partial charge on any atom is -0.325 e. The summed E-state index contributed by atoms with van der Waals surface area (Å²) < 4.78 is 0. The Hall–Kier alpha value is -2.32. The first-order valence-corrected chi connectivity index (χ1v) is 9.76. The molecule has 5 heteroatoms. The predicted molar refractivity (Wildman–Crippen MR) is 107 cm³/mol. The fraction of sp³-hybridized carbons (Fsp3) is 0.381. The van der Waals surface area contributed by atoms with Crippen molar-refractivity contribution < 1.29 is 4.79 Å². The van der Waals surface area contributed by atoms with Crippen LogP contribution in [0.15, 0.2) is 35.4 Å². The molecule has 2 rings (SSSR count). The summed E-state index contributed by atoms with van der Waals surface area (Å²) in [6.45, 7) is 7.99. The molecule has 1 aromatic heterocycles. The Morgan fingerprint density at radius 2 is 1.96 bits per heavy atom. The molecule has 1 amide bonds. The fourth-order valence-electron chi connectivity index (χ4n) is 2.66. The van der Waals surface area contributed by atoms with Gasteiger partial charge < -0.3 is 5.32 Å². The smallest absolute Gasteiger partial charge is 0.237 e. The van der Waals surface area contributed by atoms with E-state index in [-0.39, 0.29) is 11.2 Å². The van der Waals surface area contributed by atoms with E-state index in [1.165, 1.54) is 11.8 Å². The highest BCUT2D eigenvalue weighted by Crippen LogP contribution is 2.26. The van der Waals surface area contributed by atoms with E-state index in [1.807, 2.05) is 39.0 Å². The molecule has 1 atom stereocenters. The van der Waals surface area contributed by atoms with E-state index >= 15 is 0 Å². The van der Waals surface area contributed by atoms with Gasteiger partial charge in [0.1, 0.15) is 11.1 Å². The summed E-state index contributed by atoms with van der Waals surface area (Å²) >= 11 is 1.33. The lowest BCUT2D eigenvalue weighted by molar-refractivity contribution is -0.115. The second-order valence-corrected chi connectivity index (χ2v) is 7.83. The van der Waals surface area contributed by atoms with Crippen molar-refractivity contribution in [2.24, 2.45) is 0 Å². The summed E-state index contributed by atoms with van der Waals surface area (Å²) in [5.41, 5.74) is 4.50. The summed E-state index contributed by atoms with van der Waals surface area (Å²) in [5, 5.41) is 12.6. The number of anilines is 1. The van der Waals surface area contributed by atoms with Gasteiger partial charge in [-0.3, -0.25) is 4.79 Å². The van der Waals surface area contributed by atoms with Crippen LogP contribution in [0.2, 0.25) is 0 Å². The van der Waals surface area contributed by atoms with Gasteiger partial charge in [-0.1, -0.05) is 31.2 Å². The number of rotatable bonds is 7. The molecule has 1 N–H and O–H groups in total. The zero-order valence-corrected chi connectivity index (χ0v) is 16.6. The zero-order valence-electron chi connectivity index (χ0n) is 15.8. The maximum Gasteiger partial charge on any atom is 0.237 e. The van der Waals surface area contributed by atoms with E-state index in [9.17, 15) is 10.1 Å². The molecule has 0 fully saturated rings. The van der Waals surface area contributed by atoms with Gasteiger partial charge in [0.2, 0.25) is 5.91 Å². The third-order valence-corrected chi connectivity index (χ3v) is 5.07. The largest absolute Gasteiger partial charge is 0.325 e. The minimum atomic E-state index is -0.350. The summed E-state index contributed by atoms with van der Waals surface area (Å²) in [4.78, 5) is 17.2. The quantitative estimate of drug-likeness (QED) is 0.697. The second-order valence-electron chi connectivity index (χ2n) is 6.50. The van der Waals surface area contributed by atoms with Gasteiger partial charge in [0, 0.05) is 11.4 Å². The van der Waals surface area contributed by atoms with Gasteiger partial charge in [-0.2, -0.15) is 5.26 Å². The Kier molecular flexibility index (Phi) is 7.23. The molecule has 0 bridgehead atoms. The molecule has 0 saturated heterocycles. The lowest BCUT2D eigenvalue weighted by Gasteiger charge is -2.14. The lowest BCUT2D eigenvalue weighted by Crippen LogP contribution is -2.22. The molecule has 1 unspecified atom stereocenters. The second kappa shape index (κ2) is 9.40. The number of aryl methyl sites for hydroxylation is 3. The number of thioether (sulfide) groups is 1. The van der Waals surface area contributed by atoms with Crippen molar-refractivity contribution >= 4 is 23.4 Å². The van der Waals surface area contributed by atoms with E-state index in [4.69, 9.17) is 0 Å². The average Bonchev–Trinajstić information content (AvgIpc) is 2.59. The normalized spacial score (nSPS) is 11.7. The van der Waals surface area contributed by atoms with Gasteiger partial charge in [-0.05, 0) is 69.0 Å². The topological polar surface area (TPSA) is 65.8 Å². The van der Waals surface area contributed by atoms with E-state index < -0.39 is 0 Å². The van der Waals surface area contributed by atoms with Crippen LogP contribution in [-0.2, 0) is 11.2 Å². The number of pyridine rings is 1. The number of nitrogens with one attached hydrogen (secondary N) is 1. The van der Waals surface area contributed by atoms with Crippen LogP contribution in [-0.4, -0.2) is 16.1 Å². The molecule has 0 aliphatic carbocycles. The molecule has 0 aliphatic heterocycles. The van der Waals surface area contributed by atoms with Crippen LogP contribution in [0.5, 0.6) is 0 Å². The van der Waals surface area contributed by atoms with Crippen molar-refractivity contribution in [2.45, 2.75) is 57.2 Å². The molecule has 1 heterocycles. The molecule has 1 aromatic carbocycles. The monoisotopic (exact) mass is 367 g/mol. The maximum atomic E-state index is 12.6. The first-order chi connectivity index (χ1) is 12.4. The molecular formula is C21H25N3OS. The average molecular weight is 368 g/mol. The maximum absolute atomic E-state index is 12.6. The number of hydrogen-bond donors (Lipinski definition) is 1. The number of hydrogen-bond acceptors (Lipinski definition) is 4. The molecule has 26 heavy (non-hydrogen) atoms. The Bertz CT molecular complexity index is 806. The SMILES string of the molecule is CCCCc1ccc(C#N)c(SC(C)C(=O)Nc2cc(C)cc(C)c2)n1. The number of amides is 1. The lowest BCUT2D eigenvalue weighted by atomic mass is 10.1. The Labute approximate surface area is 160 Å². The summed E-state index contributed by atoms with van der Waals surface area (Å²) in [7, 11) is 0. The first kappa shape index (κ1) is 20.0. The van der Waals surface area contributed by atoms with E-state index in [0.717, 1.165) is 41.8 Å². The Balaban J connectivity index is 2.11. The molecule has 0 saturated carbocycles. The van der Waals surface area contributed by atoms with E-state index in [1.54, 1.807) is 6.07 Å². The van der Waals surface area contributed by atoms with Crippen molar-refractivity contribution in [1.29, 1.82) is 5.26 Å². The molecule has 0 radical (unpaired) electrons. The van der Waals surface area contributed by atoms with Gasteiger partial charge in [0.05, 0.1) is 10.8 Å². The van der Waals surface area contributed by atoms with Gasteiger partial charge in [-0.15, -0.1) is 0 Å². The highest BCUT2D eigenvalue weighted by molar-refractivity contribution is 8.00. The molecular weight excluding hydrogens is 342 g/mol. The van der Waals surface area contributed by atoms with Crippen LogP contribution >= 0.6 is 11.8 Å². The fourth-order valence-corrected chi connectivity index (χ4v) is 3.57. The number of benzene rings is 1. The van der Waals surface area contributed by atoms with Crippen molar-refractivity contribution in [3.8, 4) is 6.07 Å². The van der Waals surface area contributed by atoms with Crippen molar-refractivity contribution in [3.63, 3.8) is 0 Å². The van der Waals surface area contributed by atoms with Crippen LogP contribution in [0.25, 0.3) is 0 Å². The van der Waals surface area contributed by atoms with Crippen molar-refractivity contribution in [2.75, 3.05) is 5.32 Å². The van der Waals surface area contributed by atoms with Crippen LogP contribution in [0.3, 0.4) is 0 Å². The molecule has 2 aromatic rings. The van der Waals surface area contributed by atoms with Gasteiger partial charge in [0.25, 0.3) is 0 Å². The van der Waals surface area contributed by atoms with Gasteiger partial charge >= 0.3 is 0 Å². The first-order valence-electron chi connectivity index (χ1n) is 8.88. The third-order valence-electron chi connectivity index (χ3n) is 3.97. The van der Waals surface area contributed by atoms with Crippen LogP contribution in [0.4, 0.5) is 5.69 Å². The van der Waals surface area contributed by atoms with Crippen LogP contribution in [0, 0.1) is 25.2 Å². The Morgan fingerprint density at radius 3 is 2.58 bits per heavy atom. The predicted octanol–water partition coefficient (Wildman–Crippen LogP) is 5.03. The summed E-state index contributed by atoms with van der Waals surface area (Å²) in [6.07, 6.45) is 3.05. The number of aromatic nitrogens is 1.